The van der Waals surface area contributed by atoms with E-state index in [0.29, 0.717) is 6.42 Å². The number of benzene rings is 2. The molecular formula is C28H31F3N6O3. The molecule has 3 aromatic rings. The first-order valence-electron chi connectivity index (χ1n) is 12.9. The summed E-state index contributed by atoms with van der Waals surface area (Å²) in [6.07, 6.45) is -0.479. The molecule has 9 nitrogen and oxygen atoms in total. The molecule has 1 unspecified atom stereocenters. The van der Waals surface area contributed by atoms with E-state index < -0.39 is 12.1 Å². The first kappa shape index (κ1) is 28.8. The minimum absolute atomic E-state index is 0.0141. The van der Waals surface area contributed by atoms with Gasteiger partial charge in [0.1, 0.15) is 0 Å². The number of carboxylic acids is 1. The van der Waals surface area contributed by atoms with Gasteiger partial charge in [-0.2, -0.15) is 13.2 Å². The van der Waals surface area contributed by atoms with Crippen molar-refractivity contribution < 1.29 is 27.9 Å². The van der Waals surface area contributed by atoms with Crippen LogP contribution in [0, 0.1) is 6.92 Å². The molecule has 1 aromatic heterocycles. The van der Waals surface area contributed by atoms with E-state index in [4.69, 9.17) is 9.90 Å². The molecule has 4 N–H and O–H groups in total. The molecule has 1 amide bonds. The van der Waals surface area contributed by atoms with E-state index in [9.17, 15) is 18.0 Å². The minimum atomic E-state index is -5.08. The summed E-state index contributed by atoms with van der Waals surface area (Å²) >= 11 is 0. The summed E-state index contributed by atoms with van der Waals surface area (Å²) in [6, 6.07) is 15.1. The van der Waals surface area contributed by atoms with Gasteiger partial charge in [0.2, 0.25) is 5.91 Å². The maximum atomic E-state index is 11.9. The lowest BCUT2D eigenvalue weighted by atomic mass is 9.90. The lowest BCUT2D eigenvalue weighted by molar-refractivity contribution is -0.192. The monoisotopic (exact) mass is 556 g/mol. The zero-order valence-corrected chi connectivity index (χ0v) is 22.2. The smallest absolute Gasteiger partial charge is 0.475 e. The molecular weight excluding hydrogens is 525 g/mol. The number of nitrogens with zero attached hydrogens (tertiary/aromatic N) is 3. The third-order valence-corrected chi connectivity index (χ3v) is 6.80. The highest BCUT2D eigenvalue weighted by atomic mass is 19.4. The number of fused-ring (bicyclic) bond motifs is 3. The average molecular weight is 557 g/mol. The fourth-order valence-corrected chi connectivity index (χ4v) is 4.84. The summed E-state index contributed by atoms with van der Waals surface area (Å²) in [4.78, 5) is 20.7. The molecule has 212 valence electrons. The average Bonchev–Trinajstić information content (AvgIpc) is 3.23. The summed E-state index contributed by atoms with van der Waals surface area (Å²) in [5.74, 6) is -2.74. The summed E-state index contributed by atoms with van der Waals surface area (Å²) in [5, 5.41) is 25.7. The summed E-state index contributed by atoms with van der Waals surface area (Å²) in [5.41, 5.74) is 9.22. The van der Waals surface area contributed by atoms with E-state index in [-0.39, 0.29) is 11.9 Å². The van der Waals surface area contributed by atoms with Crippen molar-refractivity contribution in [1.82, 2.24) is 25.6 Å². The Bertz CT molecular complexity index is 1420. The lowest BCUT2D eigenvalue weighted by Gasteiger charge is -2.23. The summed E-state index contributed by atoms with van der Waals surface area (Å²) in [7, 11) is 1.67. The van der Waals surface area contributed by atoms with Crippen LogP contribution in [0.1, 0.15) is 41.3 Å². The maximum Gasteiger partial charge on any atom is 0.490 e. The van der Waals surface area contributed by atoms with Crippen molar-refractivity contribution in [2.45, 2.75) is 44.9 Å². The molecule has 0 bridgehead atoms. The molecule has 40 heavy (non-hydrogen) atoms. The van der Waals surface area contributed by atoms with Gasteiger partial charge in [0.15, 0.2) is 0 Å². The van der Waals surface area contributed by atoms with Gasteiger partial charge < -0.3 is 21.1 Å². The molecule has 0 spiro atoms. The number of alkyl halides is 3. The number of hydrogen-bond acceptors (Lipinski definition) is 6. The Morgan fingerprint density at radius 1 is 1.20 bits per heavy atom. The molecule has 0 fully saturated rings. The zero-order chi connectivity index (χ0) is 28.9. The number of amides is 1. The van der Waals surface area contributed by atoms with E-state index in [1.165, 1.54) is 22.3 Å². The molecule has 3 heterocycles. The van der Waals surface area contributed by atoms with Gasteiger partial charge in [-0.1, -0.05) is 35.6 Å². The Hall–Kier alpha value is -4.19. The predicted molar refractivity (Wildman–Crippen MR) is 145 cm³/mol. The van der Waals surface area contributed by atoms with Crippen LogP contribution in [0.2, 0.25) is 0 Å². The number of rotatable bonds is 5. The van der Waals surface area contributed by atoms with Gasteiger partial charge >= 0.3 is 12.1 Å². The molecule has 2 aliphatic heterocycles. The molecule has 0 radical (unpaired) electrons. The SMILES string of the molecule is CNC(=O)Cc1cccc(NC2CCn3nnc(C)c3-c3ccc(C4=CCNCC4)cc32)c1.O=C(O)C(F)(F)F. The second-order valence-electron chi connectivity index (χ2n) is 9.57. The van der Waals surface area contributed by atoms with Crippen molar-refractivity contribution >= 4 is 23.1 Å². The van der Waals surface area contributed by atoms with Crippen LogP contribution in [0.3, 0.4) is 0 Å². The standard InChI is InChI=1S/C26H30N6O.C2HF3O2/c1-17-26-22-7-6-20(19-8-11-28-12-9-19)16-23(22)24(10-13-32(26)31-30-17)29-21-5-3-4-18(14-21)15-25(33)27-2;3-2(4,5)1(6)7/h3-8,14,16,24,28-29H,9-13,15H2,1-2H3,(H,27,33);(H,6,7). The van der Waals surface area contributed by atoms with Crippen LogP contribution < -0.4 is 16.0 Å². The van der Waals surface area contributed by atoms with Crippen LogP contribution in [-0.2, 0) is 22.6 Å². The fourth-order valence-electron chi connectivity index (χ4n) is 4.84. The Morgan fingerprint density at radius 3 is 2.65 bits per heavy atom. The van der Waals surface area contributed by atoms with Crippen molar-refractivity contribution in [2.75, 3.05) is 25.5 Å². The molecule has 0 saturated heterocycles. The Kier molecular flexibility index (Phi) is 8.88. The van der Waals surface area contributed by atoms with Crippen LogP contribution >= 0.6 is 0 Å². The number of likely N-dealkylation sites (N-methyl/N-ethyl adjacent to an activating group) is 1. The molecule has 0 aliphatic carbocycles. The van der Waals surface area contributed by atoms with Crippen molar-refractivity contribution in [1.29, 1.82) is 0 Å². The topological polar surface area (TPSA) is 121 Å². The predicted octanol–water partition coefficient (Wildman–Crippen LogP) is 4.11. The number of aliphatic carboxylic acids is 1. The second kappa shape index (κ2) is 12.3. The van der Waals surface area contributed by atoms with Gasteiger partial charge in [-0.05, 0) is 66.8 Å². The number of anilines is 1. The third kappa shape index (κ3) is 6.87. The molecule has 12 heteroatoms. The summed E-state index contributed by atoms with van der Waals surface area (Å²) < 4.78 is 33.8. The molecule has 1 atom stereocenters. The van der Waals surface area contributed by atoms with E-state index in [2.05, 4.69) is 62.7 Å². The van der Waals surface area contributed by atoms with E-state index in [1.807, 2.05) is 23.7 Å². The van der Waals surface area contributed by atoms with Gasteiger partial charge in [0, 0.05) is 31.4 Å². The van der Waals surface area contributed by atoms with Crippen molar-refractivity contribution in [3.63, 3.8) is 0 Å². The van der Waals surface area contributed by atoms with Crippen molar-refractivity contribution in [3.8, 4) is 11.3 Å². The van der Waals surface area contributed by atoms with Gasteiger partial charge in [-0.15, -0.1) is 5.10 Å². The fraction of sp³-hybridized carbons (Fsp3) is 0.357. The van der Waals surface area contributed by atoms with Crippen LogP contribution in [0.25, 0.3) is 16.8 Å². The maximum absolute atomic E-state index is 11.9. The number of halogens is 3. The van der Waals surface area contributed by atoms with E-state index in [0.717, 1.165) is 55.1 Å². The Morgan fingerprint density at radius 2 is 1.98 bits per heavy atom. The first-order chi connectivity index (χ1) is 19.1. The number of carbonyl (C=O) groups is 2. The zero-order valence-electron chi connectivity index (χ0n) is 22.2. The second-order valence-corrected chi connectivity index (χ2v) is 9.57. The normalized spacial score (nSPS) is 16.3. The van der Waals surface area contributed by atoms with Crippen molar-refractivity contribution in [2.24, 2.45) is 0 Å². The molecule has 2 aromatic carbocycles. The lowest BCUT2D eigenvalue weighted by Crippen LogP contribution is -2.21. The molecule has 5 rings (SSSR count). The molecule has 2 aliphatic rings. The highest BCUT2D eigenvalue weighted by molar-refractivity contribution is 5.79. The number of hydrogen-bond donors (Lipinski definition) is 4. The largest absolute Gasteiger partial charge is 0.490 e. The van der Waals surface area contributed by atoms with Gasteiger partial charge in [0.05, 0.1) is 23.9 Å². The van der Waals surface area contributed by atoms with Crippen LogP contribution in [0.5, 0.6) is 0 Å². The third-order valence-electron chi connectivity index (χ3n) is 6.80. The minimum Gasteiger partial charge on any atom is -0.475 e. The summed E-state index contributed by atoms with van der Waals surface area (Å²) in [6.45, 7) is 4.75. The van der Waals surface area contributed by atoms with Gasteiger partial charge in [-0.3, -0.25) is 4.79 Å². The Balaban J connectivity index is 0.000000470. The quantitative estimate of drug-likeness (QED) is 0.373. The van der Waals surface area contributed by atoms with E-state index in [1.54, 1.807) is 7.05 Å². The highest BCUT2D eigenvalue weighted by Gasteiger charge is 2.38. The Labute approximate surface area is 229 Å². The number of aromatic nitrogens is 3. The number of carbonyl (C=O) groups excluding carboxylic acids is 1. The van der Waals surface area contributed by atoms with E-state index >= 15 is 0 Å². The molecule has 0 saturated carbocycles. The first-order valence-corrected chi connectivity index (χ1v) is 12.9. The van der Waals surface area contributed by atoms with Gasteiger partial charge in [0.25, 0.3) is 0 Å². The number of nitrogens with one attached hydrogen (secondary N) is 3. The van der Waals surface area contributed by atoms with Crippen LogP contribution in [0.15, 0.2) is 48.5 Å². The number of carboxylic acid groups (broad SMARTS) is 1. The van der Waals surface area contributed by atoms with Crippen LogP contribution in [-0.4, -0.2) is 58.3 Å². The van der Waals surface area contributed by atoms with Crippen molar-refractivity contribution in [3.05, 3.63) is 70.9 Å². The van der Waals surface area contributed by atoms with Crippen LogP contribution in [0.4, 0.5) is 18.9 Å². The van der Waals surface area contributed by atoms with Gasteiger partial charge in [-0.25, -0.2) is 9.48 Å². The number of aryl methyl sites for hydroxylation is 2. The highest BCUT2D eigenvalue weighted by Crippen LogP contribution is 2.38.